The number of aromatic nitrogens is 4. The van der Waals surface area contributed by atoms with Gasteiger partial charge in [-0.15, -0.1) is 0 Å². The van der Waals surface area contributed by atoms with Crippen molar-refractivity contribution in [1.82, 2.24) is 19.5 Å². The quantitative estimate of drug-likeness (QED) is 0.884. The second kappa shape index (κ2) is 4.61. The minimum atomic E-state index is -0.287. The van der Waals surface area contributed by atoms with Crippen LogP contribution in [0.5, 0.6) is 0 Å². The smallest absolute Gasteiger partial charge is 0.165 e. The maximum atomic E-state index is 8.95. The van der Waals surface area contributed by atoms with Gasteiger partial charge in [0.25, 0.3) is 0 Å². The van der Waals surface area contributed by atoms with Crippen LogP contribution in [0.15, 0.2) is 12.7 Å². The molecule has 2 aromatic rings. The first-order chi connectivity index (χ1) is 8.53. The van der Waals surface area contributed by atoms with Gasteiger partial charge in [-0.1, -0.05) is 0 Å². The molecule has 0 aliphatic heterocycles. The number of anilines is 1. The second-order valence-corrected chi connectivity index (χ2v) is 4.97. The van der Waals surface area contributed by atoms with Gasteiger partial charge in [-0.2, -0.15) is 5.26 Å². The zero-order valence-electron chi connectivity index (χ0n) is 10.6. The predicted molar refractivity (Wildman–Crippen MR) is 68.4 cm³/mol. The maximum absolute atomic E-state index is 8.95. The SMILES string of the molecule is CC(C)(C#N)CCCn1cnc2c(N)ncnc21. The summed E-state index contributed by atoms with van der Waals surface area (Å²) in [6.45, 7) is 4.66. The van der Waals surface area contributed by atoms with Crippen molar-refractivity contribution in [2.45, 2.75) is 33.2 Å². The summed E-state index contributed by atoms with van der Waals surface area (Å²) in [4.78, 5) is 12.3. The number of fused-ring (bicyclic) bond motifs is 1. The van der Waals surface area contributed by atoms with Gasteiger partial charge in [-0.05, 0) is 26.7 Å². The van der Waals surface area contributed by atoms with Crippen LogP contribution in [-0.4, -0.2) is 19.5 Å². The van der Waals surface area contributed by atoms with Crippen LogP contribution in [0.25, 0.3) is 11.2 Å². The fraction of sp³-hybridized carbons (Fsp3) is 0.500. The molecule has 0 atom stereocenters. The van der Waals surface area contributed by atoms with Crippen molar-refractivity contribution in [2.24, 2.45) is 5.41 Å². The Morgan fingerprint density at radius 3 is 2.89 bits per heavy atom. The highest BCUT2D eigenvalue weighted by Crippen LogP contribution is 2.22. The van der Waals surface area contributed by atoms with E-state index in [0.29, 0.717) is 11.3 Å². The lowest BCUT2D eigenvalue weighted by atomic mass is 9.90. The van der Waals surface area contributed by atoms with Crippen molar-refractivity contribution >= 4 is 17.0 Å². The molecule has 2 aromatic heterocycles. The topological polar surface area (TPSA) is 93.4 Å². The number of rotatable bonds is 4. The summed E-state index contributed by atoms with van der Waals surface area (Å²) in [5.74, 6) is 0.399. The fourth-order valence-corrected chi connectivity index (χ4v) is 1.81. The third-order valence-corrected chi connectivity index (χ3v) is 2.93. The summed E-state index contributed by atoms with van der Waals surface area (Å²) in [6, 6.07) is 2.30. The molecule has 6 heteroatoms. The Bertz CT molecular complexity index is 592. The van der Waals surface area contributed by atoms with Gasteiger partial charge < -0.3 is 10.3 Å². The molecule has 2 N–H and O–H groups in total. The molecular formula is C12H16N6. The number of hydrogen-bond donors (Lipinski definition) is 1. The number of aryl methyl sites for hydroxylation is 1. The average Bonchev–Trinajstić information content (AvgIpc) is 2.74. The molecular weight excluding hydrogens is 228 g/mol. The van der Waals surface area contributed by atoms with Crippen LogP contribution >= 0.6 is 0 Å². The molecule has 0 radical (unpaired) electrons. The molecule has 18 heavy (non-hydrogen) atoms. The van der Waals surface area contributed by atoms with E-state index in [0.717, 1.165) is 25.0 Å². The number of hydrogen-bond acceptors (Lipinski definition) is 5. The zero-order chi connectivity index (χ0) is 13.2. The van der Waals surface area contributed by atoms with Crippen molar-refractivity contribution in [3.8, 4) is 6.07 Å². The van der Waals surface area contributed by atoms with Gasteiger partial charge in [-0.3, -0.25) is 0 Å². The zero-order valence-corrected chi connectivity index (χ0v) is 10.6. The fourth-order valence-electron chi connectivity index (χ4n) is 1.81. The monoisotopic (exact) mass is 244 g/mol. The molecule has 0 saturated carbocycles. The average molecular weight is 244 g/mol. The number of imidazole rings is 1. The van der Waals surface area contributed by atoms with Crippen LogP contribution in [0.2, 0.25) is 0 Å². The van der Waals surface area contributed by atoms with Crippen molar-refractivity contribution in [1.29, 1.82) is 5.26 Å². The maximum Gasteiger partial charge on any atom is 0.165 e. The highest BCUT2D eigenvalue weighted by Gasteiger charge is 2.16. The molecule has 0 aliphatic rings. The highest BCUT2D eigenvalue weighted by atomic mass is 15.1. The van der Waals surface area contributed by atoms with Crippen molar-refractivity contribution in [3.05, 3.63) is 12.7 Å². The van der Waals surface area contributed by atoms with E-state index in [4.69, 9.17) is 11.0 Å². The minimum absolute atomic E-state index is 0.287. The molecule has 0 saturated heterocycles. The molecule has 0 spiro atoms. The van der Waals surface area contributed by atoms with E-state index in [9.17, 15) is 0 Å². The first-order valence-corrected chi connectivity index (χ1v) is 5.86. The standard InChI is InChI=1S/C12H16N6/c1-12(2,6-13)4-3-5-18-8-17-9-10(14)15-7-16-11(9)18/h7-8H,3-5H2,1-2H3,(H2,14,15,16). The van der Waals surface area contributed by atoms with E-state index in [1.54, 1.807) is 6.33 Å². The Morgan fingerprint density at radius 2 is 2.17 bits per heavy atom. The molecule has 0 fully saturated rings. The third-order valence-electron chi connectivity index (χ3n) is 2.93. The van der Waals surface area contributed by atoms with Crippen LogP contribution < -0.4 is 5.73 Å². The van der Waals surface area contributed by atoms with E-state index >= 15 is 0 Å². The molecule has 6 nitrogen and oxygen atoms in total. The van der Waals surface area contributed by atoms with Crippen LogP contribution in [0.1, 0.15) is 26.7 Å². The Morgan fingerprint density at radius 1 is 1.39 bits per heavy atom. The molecule has 94 valence electrons. The van der Waals surface area contributed by atoms with E-state index in [-0.39, 0.29) is 5.41 Å². The van der Waals surface area contributed by atoms with Crippen molar-refractivity contribution in [3.63, 3.8) is 0 Å². The third kappa shape index (κ3) is 2.40. The van der Waals surface area contributed by atoms with Crippen molar-refractivity contribution < 1.29 is 0 Å². The summed E-state index contributed by atoms with van der Waals surface area (Å²) in [5, 5.41) is 8.95. The van der Waals surface area contributed by atoms with Crippen LogP contribution in [0.4, 0.5) is 5.82 Å². The number of nitrogens with zero attached hydrogens (tertiary/aromatic N) is 5. The van der Waals surface area contributed by atoms with Gasteiger partial charge in [0.05, 0.1) is 17.8 Å². The first kappa shape index (κ1) is 12.3. The Hall–Kier alpha value is -2.16. The van der Waals surface area contributed by atoms with Crippen LogP contribution in [-0.2, 0) is 6.54 Å². The Balaban J connectivity index is 2.10. The molecule has 2 heterocycles. The molecule has 2 rings (SSSR count). The Labute approximate surface area is 105 Å². The van der Waals surface area contributed by atoms with Gasteiger partial charge >= 0.3 is 0 Å². The summed E-state index contributed by atoms with van der Waals surface area (Å²) in [6.07, 6.45) is 4.89. The van der Waals surface area contributed by atoms with E-state index in [2.05, 4.69) is 21.0 Å². The molecule has 0 unspecified atom stereocenters. The van der Waals surface area contributed by atoms with Crippen LogP contribution in [0, 0.1) is 16.7 Å². The first-order valence-electron chi connectivity index (χ1n) is 5.86. The summed E-state index contributed by atoms with van der Waals surface area (Å²) in [7, 11) is 0. The molecule has 0 aromatic carbocycles. The summed E-state index contributed by atoms with van der Waals surface area (Å²) < 4.78 is 1.95. The van der Waals surface area contributed by atoms with E-state index in [1.165, 1.54) is 6.33 Å². The summed E-state index contributed by atoms with van der Waals surface area (Å²) >= 11 is 0. The number of nitriles is 1. The largest absolute Gasteiger partial charge is 0.382 e. The minimum Gasteiger partial charge on any atom is -0.382 e. The van der Waals surface area contributed by atoms with Gasteiger partial charge in [0, 0.05) is 6.54 Å². The van der Waals surface area contributed by atoms with Crippen LogP contribution in [0.3, 0.4) is 0 Å². The summed E-state index contributed by atoms with van der Waals surface area (Å²) in [5.41, 5.74) is 6.82. The number of nitrogen functional groups attached to an aromatic ring is 1. The lowest BCUT2D eigenvalue weighted by Gasteiger charge is -2.14. The number of nitrogens with two attached hydrogens (primary N) is 1. The highest BCUT2D eigenvalue weighted by molar-refractivity contribution is 5.80. The van der Waals surface area contributed by atoms with Crippen molar-refractivity contribution in [2.75, 3.05) is 5.73 Å². The predicted octanol–water partition coefficient (Wildman–Crippen LogP) is 1.74. The molecule has 0 bridgehead atoms. The Kier molecular flexibility index (Phi) is 3.15. The van der Waals surface area contributed by atoms with E-state index < -0.39 is 0 Å². The van der Waals surface area contributed by atoms with Gasteiger partial charge in [0.1, 0.15) is 11.8 Å². The normalized spacial score (nSPS) is 11.6. The molecule has 0 aliphatic carbocycles. The molecule has 0 amide bonds. The second-order valence-electron chi connectivity index (χ2n) is 4.97. The van der Waals surface area contributed by atoms with Gasteiger partial charge in [0.2, 0.25) is 0 Å². The lowest BCUT2D eigenvalue weighted by Crippen LogP contribution is -2.09. The van der Waals surface area contributed by atoms with E-state index in [1.807, 2.05) is 18.4 Å². The lowest BCUT2D eigenvalue weighted by molar-refractivity contribution is 0.417. The van der Waals surface area contributed by atoms with Gasteiger partial charge in [-0.25, -0.2) is 15.0 Å². The van der Waals surface area contributed by atoms with Gasteiger partial charge in [0.15, 0.2) is 11.5 Å².